The van der Waals surface area contributed by atoms with Gasteiger partial charge in [-0.2, -0.15) is 10.2 Å². The summed E-state index contributed by atoms with van der Waals surface area (Å²) < 4.78 is 1.72. The van der Waals surface area contributed by atoms with Crippen molar-refractivity contribution in [1.29, 1.82) is 0 Å². The number of aryl methyl sites for hydroxylation is 3. The summed E-state index contributed by atoms with van der Waals surface area (Å²) in [5.41, 5.74) is 5.28. The number of nitrogens with zero attached hydrogens (tertiary/aromatic N) is 3. The van der Waals surface area contributed by atoms with Crippen LogP contribution in [0, 0.1) is 13.8 Å². The van der Waals surface area contributed by atoms with Crippen LogP contribution in [-0.2, 0) is 31.1 Å². The molecule has 0 unspecified atom stereocenters. The Labute approximate surface area is 134 Å². The van der Waals surface area contributed by atoms with E-state index >= 15 is 0 Å². The van der Waals surface area contributed by atoms with E-state index in [0.717, 1.165) is 28.2 Å². The third-order valence-electron chi connectivity index (χ3n) is 4.45. The Morgan fingerprint density at radius 2 is 2.13 bits per heavy atom. The first-order chi connectivity index (χ1) is 11.0. The van der Waals surface area contributed by atoms with Crippen molar-refractivity contribution in [3.05, 3.63) is 33.9 Å². The summed E-state index contributed by atoms with van der Waals surface area (Å²) in [5.74, 6) is -0.0421. The van der Waals surface area contributed by atoms with Gasteiger partial charge in [-0.05, 0) is 32.3 Å². The van der Waals surface area contributed by atoms with E-state index in [1.54, 1.807) is 4.68 Å². The molecule has 1 aliphatic carbocycles. The van der Waals surface area contributed by atoms with E-state index in [9.17, 15) is 9.59 Å². The van der Waals surface area contributed by atoms with Crippen LogP contribution in [0.4, 0.5) is 0 Å². The number of fused-ring (bicyclic) bond motifs is 1. The monoisotopic (exact) mass is 315 g/mol. The molecular weight excluding hydrogens is 294 g/mol. The van der Waals surface area contributed by atoms with Gasteiger partial charge in [-0.25, -0.2) is 0 Å². The van der Waals surface area contributed by atoms with Crippen LogP contribution in [0.25, 0.3) is 0 Å². The fourth-order valence-corrected chi connectivity index (χ4v) is 3.15. The minimum Gasteiger partial charge on any atom is -0.350 e. The fourth-order valence-electron chi connectivity index (χ4n) is 3.15. The smallest absolute Gasteiger partial charge is 0.272 e. The Hall–Kier alpha value is -2.44. The predicted molar refractivity (Wildman–Crippen MR) is 84.3 cm³/mol. The number of hydrogen-bond acceptors (Lipinski definition) is 4. The number of Topliss-reactive ketones (excluding diaryl/α,β-unsaturated/α-hetero) is 1. The normalized spacial score (nSPS) is 14.0. The molecule has 0 saturated heterocycles. The molecule has 1 aliphatic rings. The average Bonchev–Trinajstić information content (AvgIpc) is 3.01. The van der Waals surface area contributed by atoms with Gasteiger partial charge >= 0.3 is 0 Å². The molecule has 0 atom stereocenters. The van der Waals surface area contributed by atoms with Crippen molar-refractivity contribution < 1.29 is 9.59 Å². The number of carbonyl (C=O) groups excluding carboxylic acids is 2. The van der Waals surface area contributed by atoms with Gasteiger partial charge in [0.15, 0.2) is 5.69 Å². The van der Waals surface area contributed by atoms with Gasteiger partial charge in [-0.3, -0.25) is 19.4 Å². The van der Waals surface area contributed by atoms with Crippen LogP contribution in [0.15, 0.2) is 0 Å². The minimum absolute atomic E-state index is 0.171. The van der Waals surface area contributed by atoms with Gasteiger partial charge in [0.1, 0.15) is 5.78 Å². The highest BCUT2D eigenvalue weighted by Gasteiger charge is 2.26. The first-order valence-corrected chi connectivity index (χ1v) is 7.82. The fraction of sp³-hybridized carbons (Fsp3) is 0.500. The largest absolute Gasteiger partial charge is 0.350 e. The Morgan fingerprint density at radius 1 is 1.35 bits per heavy atom. The molecule has 0 radical (unpaired) electrons. The van der Waals surface area contributed by atoms with Crippen molar-refractivity contribution in [1.82, 2.24) is 25.3 Å². The van der Waals surface area contributed by atoms with Crippen LogP contribution < -0.4 is 5.32 Å². The lowest BCUT2D eigenvalue weighted by Gasteiger charge is -2.11. The van der Waals surface area contributed by atoms with Crippen molar-refractivity contribution in [2.24, 2.45) is 7.05 Å². The average molecular weight is 315 g/mol. The minimum atomic E-state index is -0.213. The third kappa shape index (κ3) is 2.91. The van der Waals surface area contributed by atoms with Crippen molar-refractivity contribution in [2.75, 3.05) is 6.54 Å². The van der Waals surface area contributed by atoms with Gasteiger partial charge in [0.2, 0.25) is 0 Å². The van der Waals surface area contributed by atoms with Crippen LogP contribution in [0.1, 0.15) is 45.1 Å². The molecule has 0 fully saturated rings. The molecular formula is C16H21N5O2. The summed E-state index contributed by atoms with van der Waals surface area (Å²) in [4.78, 5) is 24.1. The molecule has 0 aromatic carbocycles. The number of nitrogens with one attached hydrogen (secondary N) is 2. The van der Waals surface area contributed by atoms with E-state index in [2.05, 4.69) is 20.6 Å². The predicted octanol–water partition coefficient (Wildman–Crippen LogP) is 0.790. The Kier molecular flexibility index (Phi) is 4.02. The number of H-pyrrole nitrogens is 1. The van der Waals surface area contributed by atoms with E-state index < -0.39 is 0 Å². The Balaban J connectivity index is 1.69. The number of rotatable bonds is 4. The summed E-state index contributed by atoms with van der Waals surface area (Å²) >= 11 is 0. The van der Waals surface area contributed by atoms with Crippen LogP contribution in [0.5, 0.6) is 0 Å². The standard InChI is InChI=1S/C16H21N5O2/c1-9-12(10(2)19-18-9)6-7-17-16(23)15-13-8-11(22)4-5-14(13)21(3)20-15/h4-8H2,1-3H3,(H,17,23)(H,18,19). The first kappa shape index (κ1) is 15.5. The molecule has 0 spiro atoms. The lowest BCUT2D eigenvalue weighted by molar-refractivity contribution is -0.118. The van der Waals surface area contributed by atoms with Crippen molar-refractivity contribution in [3.63, 3.8) is 0 Å². The molecule has 23 heavy (non-hydrogen) atoms. The van der Waals surface area contributed by atoms with Gasteiger partial charge in [0, 0.05) is 43.4 Å². The van der Waals surface area contributed by atoms with Crippen LogP contribution >= 0.6 is 0 Å². The summed E-state index contributed by atoms with van der Waals surface area (Å²) in [6.45, 7) is 4.43. The number of ketones is 1. The van der Waals surface area contributed by atoms with Gasteiger partial charge in [-0.15, -0.1) is 0 Å². The highest BCUT2D eigenvalue weighted by molar-refractivity contribution is 5.96. The lowest BCUT2D eigenvalue weighted by Crippen LogP contribution is -2.28. The quantitative estimate of drug-likeness (QED) is 0.872. The zero-order chi connectivity index (χ0) is 16.6. The molecule has 2 aromatic heterocycles. The molecule has 7 heteroatoms. The maximum Gasteiger partial charge on any atom is 0.272 e. The maximum absolute atomic E-state index is 12.4. The molecule has 3 rings (SSSR count). The summed E-state index contributed by atoms with van der Waals surface area (Å²) in [6.07, 6.45) is 2.23. The number of carbonyl (C=O) groups is 2. The van der Waals surface area contributed by atoms with Gasteiger partial charge in [-0.1, -0.05) is 0 Å². The highest BCUT2D eigenvalue weighted by Crippen LogP contribution is 2.22. The Morgan fingerprint density at radius 3 is 2.83 bits per heavy atom. The number of aromatic amines is 1. The molecule has 2 aromatic rings. The van der Waals surface area contributed by atoms with Crippen molar-refractivity contribution >= 4 is 11.7 Å². The molecule has 1 amide bonds. The first-order valence-electron chi connectivity index (χ1n) is 7.82. The van der Waals surface area contributed by atoms with Gasteiger partial charge < -0.3 is 5.32 Å². The van der Waals surface area contributed by atoms with E-state index in [-0.39, 0.29) is 11.7 Å². The second-order valence-corrected chi connectivity index (χ2v) is 6.03. The topological polar surface area (TPSA) is 92.7 Å². The molecule has 2 N–H and O–H groups in total. The second-order valence-electron chi connectivity index (χ2n) is 6.03. The van der Waals surface area contributed by atoms with Crippen LogP contribution in [0.3, 0.4) is 0 Å². The summed E-state index contributed by atoms with van der Waals surface area (Å²) in [7, 11) is 1.82. The second kappa shape index (κ2) is 5.98. The maximum atomic E-state index is 12.4. The van der Waals surface area contributed by atoms with E-state index in [1.807, 2.05) is 20.9 Å². The van der Waals surface area contributed by atoms with Crippen LogP contribution in [0.2, 0.25) is 0 Å². The lowest BCUT2D eigenvalue weighted by atomic mass is 9.94. The summed E-state index contributed by atoms with van der Waals surface area (Å²) in [5, 5.41) is 14.3. The highest BCUT2D eigenvalue weighted by atomic mass is 16.2. The summed E-state index contributed by atoms with van der Waals surface area (Å²) in [6, 6.07) is 0. The van der Waals surface area contributed by atoms with E-state index in [1.165, 1.54) is 0 Å². The molecule has 0 aliphatic heterocycles. The molecule has 0 saturated carbocycles. The van der Waals surface area contributed by atoms with Crippen molar-refractivity contribution in [3.8, 4) is 0 Å². The van der Waals surface area contributed by atoms with E-state index in [0.29, 0.717) is 37.9 Å². The van der Waals surface area contributed by atoms with E-state index in [4.69, 9.17) is 0 Å². The number of aromatic nitrogens is 4. The zero-order valence-corrected chi connectivity index (χ0v) is 13.7. The van der Waals surface area contributed by atoms with Gasteiger partial charge in [0.25, 0.3) is 5.91 Å². The number of hydrogen-bond donors (Lipinski definition) is 2. The molecule has 2 heterocycles. The number of amides is 1. The van der Waals surface area contributed by atoms with Crippen molar-refractivity contribution in [2.45, 2.75) is 39.5 Å². The Bertz CT molecular complexity index is 752. The SMILES string of the molecule is Cc1n[nH]c(C)c1CCNC(=O)c1nn(C)c2c1CC(=O)CC2. The van der Waals surface area contributed by atoms with Crippen LogP contribution in [-0.4, -0.2) is 38.2 Å². The molecule has 122 valence electrons. The third-order valence-corrected chi connectivity index (χ3v) is 4.45. The zero-order valence-electron chi connectivity index (χ0n) is 13.7. The van der Waals surface area contributed by atoms with Gasteiger partial charge in [0.05, 0.1) is 5.69 Å². The molecule has 0 bridgehead atoms. The molecule has 7 nitrogen and oxygen atoms in total.